The van der Waals surface area contributed by atoms with Crippen LogP contribution in [0.5, 0.6) is 0 Å². The zero-order valence-electron chi connectivity index (χ0n) is 8.96. The third-order valence-corrected chi connectivity index (χ3v) is 3.61. The minimum absolute atomic E-state index is 0.726. The normalized spacial score (nSPS) is 25.4. The van der Waals surface area contributed by atoms with E-state index in [2.05, 4.69) is 47.8 Å². The van der Waals surface area contributed by atoms with Gasteiger partial charge in [-0.2, -0.15) is 0 Å². The zero-order valence-corrected chi connectivity index (χ0v) is 8.96. The van der Waals surface area contributed by atoms with Crippen molar-refractivity contribution in [1.82, 2.24) is 10.3 Å². The molecular formula is C13H16N2. The van der Waals surface area contributed by atoms with Gasteiger partial charge in [0.1, 0.15) is 0 Å². The summed E-state index contributed by atoms with van der Waals surface area (Å²) in [7, 11) is 2.05. The van der Waals surface area contributed by atoms with E-state index in [0.29, 0.717) is 0 Å². The molecular weight excluding hydrogens is 184 g/mol. The van der Waals surface area contributed by atoms with E-state index in [-0.39, 0.29) is 0 Å². The Hall–Kier alpha value is -1.28. The maximum Gasteiger partial charge on any atom is 0.0456 e. The number of aromatic nitrogens is 1. The van der Waals surface area contributed by atoms with E-state index in [9.17, 15) is 0 Å². The van der Waals surface area contributed by atoms with Crippen LogP contribution in [0, 0.1) is 0 Å². The molecule has 3 rings (SSSR count). The summed E-state index contributed by atoms with van der Waals surface area (Å²) in [5.74, 6) is 0.749. The van der Waals surface area contributed by atoms with E-state index in [0.717, 1.165) is 12.0 Å². The van der Waals surface area contributed by atoms with E-state index >= 15 is 0 Å². The standard InChI is InChI=1S/C13H16N2/c1-14-10-6-9(7-10)12-8-15-13-5-3-2-4-11(12)13/h2-5,8-10,14-15H,6-7H2,1H3. The number of hydrogen-bond acceptors (Lipinski definition) is 1. The Labute approximate surface area is 89.7 Å². The third kappa shape index (κ3) is 1.37. The molecule has 1 aliphatic carbocycles. The Balaban J connectivity index is 1.92. The summed E-state index contributed by atoms with van der Waals surface area (Å²) in [5.41, 5.74) is 2.76. The van der Waals surface area contributed by atoms with Crippen molar-refractivity contribution in [2.75, 3.05) is 7.05 Å². The summed E-state index contributed by atoms with van der Waals surface area (Å²) in [6, 6.07) is 9.29. The van der Waals surface area contributed by atoms with Crippen LogP contribution in [0.1, 0.15) is 24.3 Å². The van der Waals surface area contributed by atoms with Crippen molar-refractivity contribution in [3.05, 3.63) is 36.0 Å². The predicted molar refractivity (Wildman–Crippen MR) is 63.1 cm³/mol. The highest BCUT2D eigenvalue weighted by atomic mass is 14.9. The largest absolute Gasteiger partial charge is 0.361 e. The van der Waals surface area contributed by atoms with Crippen LogP contribution in [0.2, 0.25) is 0 Å². The average Bonchev–Trinajstić information content (AvgIpc) is 2.61. The predicted octanol–water partition coefficient (Wildman–Crippen LogP) is 2.63. The van der Waals surface area contributed by atoms with Crippen LogP contribution in [0.3, 0.4) is 0 Å². The molecule has 1 saturated carbocycles. The molecule has 2 heteroatoms. The molecule has 2 aromatic rings. The van der Waals surface area contributed by atoms with Crippen molar-refractivity contribution >= 4 is 10.9 Å². The molecule has 15 heavy (non-hydrogen) atoms. The van der Waals surface area contributed by atoms with Crippen LogP contribution in [-0.2, 0) is 0 Å². The molecule has 1 fully saturated rings. The molecule has 0 aliphatic heterocycles. The molecule has 1 aromatic carbocycles. The number of fused-ring (bicyclic) bond motifs is 1. The van der Waals surface area contributed by atoms with E-state index in [1.165, 1.54) is 29.3 Å². The lowest BCUT2D eigenvalue weighted by Crippen LogP contribution is -2.37. The summed E-state index contributed by atoms with van der Waals surface area (Å²) in [5, 5.41) is 4.73. The van der Waals surface area contributed by atoms with Crippen LogP contribution in [0.4, 0.5) is 0 Å². The van der Waals surface area contributed by atoms with Crippen molar-refractivity contribution in [3.63, 3.8) is 0 Å². The SMILES string of the molecule is CNC1CC(c2c[nH]c3ccccc23)C1. The van der Waals surface area contributed by atoms with Gasteiger partial charge < -0.3 is 10.3 Å². The van der Waals surface area contributed by atoms with Gasteiger partial charge in [-0.05, 0) is 37.4 Å². The van der Waals surface area contributed by atoms with Gasteiger partial charge >= 0.3 is 0 Å². The van der Waals surface area contributed by atoms with Gasteiger partial charge in [0.2, 0.25) is 0 Å². The molecule has 78 valence electrons. The van der Waals surface area contributed by atoms with Gasteiger partial charge in [-0.25, -0.2) is 0 Å². The highest BCUT2D eigenvalue weighted by molar-refractivity contribution is 5.83. The molecule has 1 aliphatic rings. The second kappa shape index (κ2) is 3.38. The number of rotatable bonds is 2. The van der Waals surface area contributed by atoms with Gasteiger partial charge in [-0.3, -0.25) is 0 Å². The molecule has 0 unspecified atom stereocenters. The molecule has 0 amide bonds. The summed E-state index contributed by atoms with van der Waals surface area (Å²) >= 11 is 0. The Morgan fingerprint density at radius 1 is 1.27 bits per heavy atom. The Bertz CT molecular complexity index is 466. The van der Waals surface area contributed by atoms with Gasteiger partial charge in [0.25, 0.3) is 0 Å². The molecule has 0 atom stereocenters. The van der Waals surface area contributed by atoms with Crippen molar-refractivity contribution < 1.29 is 0 Å². The van der Waals surface area contributed by atoms with Crippen molar-refractivity contribution in [2.45, 2.75) is 24.8 Å². The summed E-state index contributed by atoms with van der Waals surface area (Å²) in [6.07, 6.45) is 4.73. The average molecular weight is 200 g/mol. The van der Waals surface area contributed by atoms with Gasteiger partial charge in [0, 0.05) is 23.1 Å². The molecule has 0 bridgehead atoms. The topological polar surface area (TPSA) is 27.8 Å². The Kier molecular flexibility index (Phi) is 2.03. The number of aromatic amines is 1. The van der Waals surface area contributed by atoms with Crippen molar-refractivity contribution in [3.8, 4) is 0 Å². The summed E-state index contributed by atoms with van der Waals surface area (Å²) in [4.78, 5) is 3.35. The lowest BCUT2D eigenvalue weighted by Gasteiger charge is -2.35. The Morgan fingerprint density at radius 2 is 2.07 bits per heavy atom. The lowest BCUT2D eigenvalue weighted by molar-refractivity contribution is 0.309. The summed E-state index contributed by atoms with van der Waals surface area (Å²) in [6.45, 7) is 0. The first-order valence-electron chi connectivity index (χ1n) is 5.62. The van der Waals surface area contributed by atoms with Gasteiger partial charge in [0.15, 0.2) is 0 Å². The molecule has 1 heterocycles. The quantitative estimate of drug-likeness (QED) is 0.766. The highest BCUT2D eigenvalue weighted by Crippen LogP contribution is 2.39. The molecule has 0 saturated heterocycles. The van der Waals surface area contributed by atoms with Crippen LogP contribution < -0.4 is 5.32 Å². The number of H-pyrrole nitrogens is 1. The van der Waals surface area contributed by atoms with Crippen LogP contribution in [-0.4, -0.2) is 18.1 Å². The van der Waals surface area contributed by atoms with Crippen molar-refractivity contribution in [2.24, 2.45) is 0 Å². The second-order valence-electron chi connectivity index (χ2n) is 4.44. The first-order chi connectivity index (χ1) is 7.38. The number of benzene rings is 1. The van der Waals surface area contributed by atoms with E-state index in [1.807, 2.05) is 0 Å². The van der Waals surface area contributed by atoms with Crippen molar-refractivity contribution in [1.29, 1.82) is 0 Å². The van der Waals surface area contributed by atoms with Crippen LogP contribution in [0.15, 0.2) is 30.5 Å². The maximum absolute atomic E-state index is 3.35. The smallest absolute Gasteiger partial charge is 0.0456 e. The van der Waals surface area contributed by atoms with Gasteiger partial charge in [0.05, 0.1) is 0 Å². The molecule has 2 N–H and O–H groups in total. The highest BCUT2D eigenvalue weighted by Gasteiger charge is 2.30. The minimum Gasteiger partial charge on any atom is -0.361 e. The fraction of sp³-hybridized carbons (Fsp3) is 0.385. The van der Waals surface area contributed by atoms with E-state index in [4.69, 9.17) is 0 Å². The fourth-order valence-electron chi connectivity index (χ4n) is 2.54. The minimum atomic E-state index is 0.726. The lowest BCUT2D eigenvalue weighted by atomic mass is 9.76. The van der Waals surface area contributed by atoms with Crippen LogP contribution >= 0.6 is 0 Å². The van der Waals surface area contributed by atoms with E-state index in [1.54, 1.807) is 0 Å². The zero-order chi connectivity index (χ0) is 10.3. The molecule has 1 aromatic heterocycles. The Morgan fingerprint density at radius 3 is 2.87 bits per heavy atom. The molecule has 0 radical (unpaired) electrons. The maximum atomic E-state index is 3.35. The first kappa shape index (κ1) is 8.98. The molecule has 2 nitrogen and oxygen atoms in total. The fourth-order valence-corrected chi connectivity index (χ4v) is 2.54. The van der Waals surface area contributed by atoms with Gasteiger partial charge in [-0.15, -0.1) is 0 Å². The number of para-hydroxylation sites is 1. The summed E-state index contributed by atoms with van der Waals surface area (Å²) < 4.78 is 0. The van der Waals surface area contributed by atoms with Crippen LogP contribution in [0.25, 0.3) is 10.9 Å². The number of hydrogen-bond donors (Lipinski definition) is 2. The van der Waals surface area contributed by atoms with Gasteiger partial charge in [-0.1, -0.05) is 18.2 Å². The first-order valence-corrected chi connectivity index (χ1v) is 5.62. The van der Waals surface area contributed by atoms with E-state index < -0.39 is 0 Å². The number of nitrogens with one attached hydrogen (secondary N) is 2. The molecule has 0 spiro atoms. The second-order valence-corrected chi connectivity index (χ2v) is 4.44. The third-order valence-electron chi connectivity index (χ3n) is 3.61. The monoisotopic (exact) mass is 200 g/mol.